The van der Waals surface area contributed by atoms with Gasteiger partial charge in [0.05, 0.1) is 18.2 Å². The van der Waals surface area contributed by atoms with E-state index in [2.05, 4.69) is 10.9 Å². The lowest BCUT2D eigenvalue weighted by atomic mass is 10.2. The summed E-state index contributed by atoms with van der Waals surface area (Å²) in [4.78, 5) is 24.8. The molecule has 2 amide bonds. The van der Waals surface area contributed by atoms with Gasteiger partial charge < -0.3 is 18.9 Å². The first-order valence-corrected chi connectivity index (χ1v) is 9.50. The highest BCUT2D eigenvalue weighted by Crippen LogP contribution is 2.37. The average molecular weight is 421 g/mol. The van der Waals surface area contributed by atoms with Gasteiger partial charge in [-0.1, -0.05) is 18.5 Å². The summed E-state index contributed by atoms with van der Waals surface area (Å²) >= 11 is 6.26. The number of rotatable bonds is 7. The van der Waals surface area contributed by atoms with Crippen LogP contribution in [-0.2, 0) is 0 Å². The maximum absolute atomic E-state index is 12.5. The molecule has 8 nitrogen and oxygen atoms in total. The number of ether oxygens (including phenoxy) is 4. The topological polar surface area (TPSA) is 95.1 Å². The van der Waals surface area contributed by atoms with Crippen LogP contribution in [0.1, 0.15) is 41.0 Å². The van der Waals surface area contributed by atoms with Crippen molar-refractivity contribution in [3.8, 4) is 23.0 Å². The summed E-state index contributed by atoms with van der Waals surface area (Å²) in [6.07, 6.45) is 0.802. The van der Waals surface area contributed by atoms with Crippen LogP contribution < -0.4 is 29.8 Å². The molecule has 9 heteroatoms. The molecule has 0 aliphatic carbocycles. The molecular formula is C20H21ClN2O6. The number of hydrogen-bond acceptors (Lipinski definition) is 6. The summed E-state index contributed by atoms with van der Waals surface area (Å²) in [6, 6.07) is 7.70. The number of carbonyl (C=O) groups is 2. The Morgan fingerprint density at radius 3 is 2.45 bits per heavy atom. The first kappa shape index (κ1) is 20.6. The monoisotopic (exact) mass is 420 g/mol. The first-order chi connectivity index (χ1) is 14.0. The molecule has 0 unspecified atom stereocenters. The third-order valence-corrected chi connectivity index (χ3v) is 4.23. The lowest BCUT2D eigenvalue weighted by Crippen LogP contribution is -2.41. The summed E-state index contributed by atoms with van der Waals surface area (Å²) in [7, 11) is 0. The number of halogens is 1. The molecule has 2 N–H and O–H groups in total. The normalized spacial score (nSPS) is 11.7. The zero-order chi connectivity index (χ0) is 20.8. The minimum absolute atomic E-state index is 0.109. The molecule has 0 saturated heterocycles. The molecule has 1 aliphatic heterocycles. The quantitative estimate of drug-likeness (QED) is 0.667. The number of carbonyl (C=O) groups excluding carboxylic acids is 2. The van der Waals surface area contributed by atoms with Gasteiger partial charge in [-0.15, -0.1) is 0 Å². The number of amides is 2. The Kier molecular flexibility index (Phi) is 6.66. The van der Waals surface area contributed by atoms with Gasteiger partial charge in [-0.25, -0.2) is 0 Å². The Labute approximate surface area is 173 Å². The number of benzene rings is 2. The van der Waals surface area contributed by atoms with Crippen molar-refractivity contribution in [2.75, 3.05) is 20.0 Å². The highest BCUT2D eigenvalue weighted by atomic mass is 35.5. The number of hydrazine groups is 1. The lowest BCUT2D eigenvalue weighted by Gasteiger charge is -2.15. The average Bonchev–Trinajstić information content (AvgIpc) is 3.19. The molecule has 0 atom stereocenters. The first-order valence-electron chi connectivity index (χ1n) is 9.13. The summed E-state index contributed by atoms with van der Waals surface area (Å²) in [6.45, 7) is 4.74. The van der Waals surface area contributed by atoms with Crippen LogP contribution in [0, 0.1) is 0 Å². The molecule has 29 heavy (non-hydrogen) atoms. The molecule has 0 bridgehead atoms. The minimum Gasteiger partial charge on any atom is -0.490 e. The van der Waals surface area contributed by atoms with Crippen molar-refractivity contribution in [2.45, 2.75) is 20.3 Å². The highest BCUT2D eigenvalue weighted by molar-refractivity contribution is 6.32. The molecule has 1 heterocycles. The van der Waals surface area contributed by atoms with E-state index in [-0.39, 0.29) is 17.4 Å². The zero-order valence-corrected chi connectivity index (χ0v) is 16.8. The SMILES string of the molecule is CCCOc1c(Cl)cc(C(=O)NNC(=O)c2ccc3c(c2)OCO3)cc1OCC. The zero-order valence-electron chi connectivity index (χ0n) is 16.0. The maximum Gasteiger partial charge on any atom is 0.269 e. The fourth-order valence-corrected chi connectivity index (χ4v) is 2.87. The van der Waals surface area contributed by atoms with E-state index in [9.17, 15) is 9.59 Å². The second-order valence-electron chi connectivity index (χ2n) is 6.04. The van der Waals surface area contributed by atoms with Crippen molar-refractivity contribution in [1.82, 2.24) is 10.9 Å². The van der Waals surface area contributed by atoms with E-state index < -0.39 is 11.8 Å². The van der Waals surface area contributed by atoms with Gasteiger partial charge in [0.1, 0.15) is 0 Å². The molecule has 154 valence electrons. The van der Waals surface area contributed by atoms with Gasteiger partial charge in [0, 0.05) is 11.1 Å². The van der Waals surface area contributed by atoms with Crippen LogP contribution in [0.4, 0.5) is 0 Å². The Morgan fingerprint density at radius 2 is 1.72 bits per heavy atom. The summed E-state index contributed by atoms with van der Waals surface area (Å²) in [5.41, 5.74) is 5.24. The van der Waals surface area contributed by atoms with Crippen molar-refractivity contribution in [3.63, 3.8) is 0 Å². The van der Waals surface area contributed by atoms with E-state index in [0.29, 0.717) is 41.8 Å². The summed E-state index contributed by atoms with van der Waals surface area (Å²) in [5, 5.41) is 0.247. The third-order valence-electron chi connectivity index (χ3n) is 3.95. The second-order valence-corrected chi connectivity index (χ2v) is 6.45. The van der Waals surface area contributed by atoms with Crippen molar-refractivity contribution in [1.29, 1.82) is 0 Å². The molecule has 0 saturated carbocycles. The van der Waals surface area contributed by atoms with E-state index in [1.54, 1.807) is 12.1 Å². The fraction of sp³-hybridized carbons (Fsp3) is 0.300. The van der Waals surface area contributed by atoms with Crippen molar-refractivity contribution >= 4 is 23.4 Å². The van der Waals surface area contributed by atoms with E-state index in [4.69, 9.17) is 30.5 Å². The standard InChI is InChI=1S/C20H21ClN2O6/c1-3-7-27-18-14(21)8-13(10-17(18)26-4-2)20(25)23-22-19(24)12-5-6-15-16(9-12)29-11-28-15/h5-6,8-10H,3-4,7,11H2,1-2H3,(H,22,24)(H,23,25). The third kappa shape index (κ3) is 4.83. The smallest absolute Gasteiger partial charge is 0.269 e. The Hall–Kier alpha value is -3.13. The van der Waals surface area contributed by atoms with Gasteiger partial charge in [0.25, 0.3) is 11.8 Å². The second kappa shape index (κ2) is 9.38. The van der Waals surface area contributed by atoms with Gasteiger partial charge in [-0.2, -0.15) is 0 Å². The molecule has 0 fully saturated rings. The van der Waals surface area contributed by atoms with Gasteiger partial charge >= 0.3 is 0 Å². The minimum atomic E-state index is -0.552. The van der Waals surface area contributed by atoms with Gasteiger partial charge in [0.2, 0.25) is 6.79 Å². The summed E-state index contributed by atoms with van der Waals surface area (Å²) in [5.74, 6) is 0.727. The van der Waals surface area contributed by atoms with Crippen LogP contribution in [-0.4, -0.2) is 31.8 Å². The van der Waals surface area contributed by atoms with E-state index in [1.165, 1.54) is 18.2 Å². The molecule has 0 radical (unpaired) electrons. The fourth-order valence-electron chi connectivity index (χ4n) is 2.60. The predicted molar refractivity (Wildman–Crippen MR) is 106 cm³/mol. The van der Waals surface area contributed by atoms with E-state index >= 15 is 0 Å². The van der Waals surface area contributed by atoms with Crippen molar-refractivity contribution in [2.24, 2.45) is 0 Å². The Bertz CT molecular complexity index is 918. The van der Waals surface area contributed by atoms with E-state index in [0.717, 1.165) is 6.42 Å². The Balaban J connectivity index is 1.69. The molecule has 0 spiro atoms. The molecular weight excluding hydrogens is 400 g/mol. The lowest BCUT2D eigenvalue weighted by molar-refractivity contribution is 0.0846. The molecule has 2 aromatic rings. The molecule has 3 rings (SSSR count). The van der Waals surface area contributed by atoms with Crippen molar-refractivity contribution in [3.05, 3.63) is 46.5 Å². The van der Waals surface area contributed by atoms with E-state index in [1.807, 2.05) is 13.8 Å². The number of nitrogens with one attached hydrogen (secondary N) is 2. The summed E-state index contributed by atoms with van der Waals surface area (Å²) < 4.78 is 21.6. The van der Waals surface area contributed by atoms with Gasteiger partial charge in [-0.05, 0) is 43.7 Å². The molecule has 1 aliphatic rings. The number of fused-ring (bicyclic) bond motifs is 1. The Morgan fingerprint density at radius 1 is 1.00 bits per heavy atom. The van der Waals surface area contributed by atoms with Gasteiger partial charge in [-0.3, -0.25) is 20.4 Å². The van der Waals surface area contributed by atoms with Crippen LogP contribution in [0.3, 0.4) is 0 Å². The maximum atomic E-state index is 12.5. The molecule has 2 aromatic carbocycles. The highest BCUT2D eigenvalue weighted by Gasteiger charge is 2.19. The van der Waals surface area contributed by atoms with Crippen LogP contribution >= 0.6 is 11.6 Å². The van der Waals surface area contributed by atoms with Crippen molar-refractivity contribution < 1.29 is 28.5 Å². The molecule has 0 aromatic heterocycles. The largest absolute Gasteiger partial charge is 0.490 e. The van der Waals surface area contributed by atoms with Crippen LogP contribution in [0.2, 0.25) is 5.02 Å². The van der Waals surface area contributed by atoms with Crippen LogP contribution in [0.25, 0.3) is 0 Å². The van der Waals surface area contributed by atoms with Crippen LogP contribution in [0.15, 0.2) is 30.3 Å². The van der Waals surface area contributed by atoms with Gasteiger partial charge in [0.15, 0.2) is 23.0 Å². The number of hydrogen-bond donors (Lipinski definition) is 2. The predicted octanol–water partition coefficient (Wildman–Crippen LogP) is 3.33. The van der Waals surface area contributed by atoms with Crippen LogP contribution in [0.5, 0.6) is 23.0 Å².